The predicted molar refractivity (Wildman–Crippen MR) is 99.9 cm³/mol. The van der Waals surface area contributed by atoms with E-state index in [2.05, 4.69) is 31.1 Å². The molecule has 0 aliphatic carbocycles. The Bertz CT molecular complexity index is 618. The third-order valence-corrected chi connectivity index (χ3v) is 3.37. The summed E-state index contributed by atoms with van der Waals surface area (Å²) in [5, 5.41) is 2.79. The Kier molecular flexibility index (Phi) is 8.28. The predicted octanol–water partition coefficient (Wildman–Crippen LogP) is 3.36. The molecule has 1 rings (SSSR count). The minimum absolute atomic E-state index is 0.00142. The van der Waals surface area contributed by atoms with Gasteiger partial charge >= 0.3 is 0 Å². The van der Waals surface area contributed by atoms with Crippen molar-refractivity contribution in [3.63, 3.8) is 0 Å². The molecule has 1 amide bonds. The lowest BCUT2D eigenvalue weighted by Gasteiger charge is -2.13. The van der Waals surface area contributed by atoms with Gasteiger partial charge in [-0.2, -0.15) is 0 Å². The fourth-order valence-corrected chi connectivity index (χ4v) is 1.99. The lowest BCUT2D eigenvalue weighted by molar-refractivity contribution is -0.116. The van der Waals surface area contributed by atoms with Crippen LogP contribution in [0, 0.1) is 5.41 Å². The first-order valence-corrected chi connectivity index (χ1v) is 8.25. The number of rotatable bonds is 9. The van der Waals surface area contributed by atoms with E-state index in [-0.39, 0.29) is 30.1 Å². The number of carbonyl (C=O) groups is 2. The Morgan fingerprint density at radius 2 is 1.96 bits per heavy atom. The number of ketones is 1. The number of nitrogens with one attached hydrogen (secondary N) is 1. The minimum Gasteiger partial charge on any atom is -0.495 e. The Morgan fingerprint density at radius 1 is 1.24 bits per heavy atom. The molecule has 0 aromatic heterocycles. The molecule has 0 radical (unpaired) electrons. The molecule has 6 heteroatoms. The number of aliphatic imine (C=N–C) groups is 1. The number of Topliss-reactive ketones (excluding diaryl/α,β-unsaturated/α-hetero) is 1. The van der Waals surface area contributed by atoms with Crippen molar-refractivity contribution in [2.45, 2.75) is 33.6 Å². The third-order valence-electron chi connectivity index (χ3n) is 3.37. The number of anilines is 1. The maximum absolute atomic E-state index is 12.0. The molecule has 138 valence electrons. The van der Waals surface area contributed by atoms with Crippen molar-refractivity contribution in [2.75, 3.05) is 32.7 Å². The number of nitrogens with zero attached hydrogens (tertiary/aromatic N) is 1. The molecule has 1 N–H and O–H groups in total. The SMILES string of the molecule is COCC(=O)c1ccc(NC(=O)CC/N=C/CC(C)(C)C)c(OC)c1. The molecular formula is C19H28N2O4. The summed E-state index contributed by atoms with van der Waals surface area (Å²) in [6.45, 7) is 6.85. The van der Waals surface area contributed by atoms with Gasteiger partial charge in [0.1, 0.15) is 12.4 Å². The highest BCUT2D eigenvalue weighted by Gasteiger charge is 2.12. The highest BCUT2D eigenvalue weighted by Crippen LogP contribution is 2.26. The lowest BCUT2D eigenvalue weighted by atomic mass is 9.93. The number of hydrogen-bond donors (Lipinski definition) is 1. The van der Waals surface area contributed by atoms with Crippen molar-refractivity contribution in [1.82, 2.24) is 0 Å². The monoisotopic (exact) mass is 348 g/mol. The quantitative estimate of drug-likeness (QED) is 0.548. The highest BCUT2D eigenvalue weighted by atomic mass is 16.5. The summed E-state index contributed by atoms with van der Waals surface area (Å²) >= 11 is 0. The molecule has 0 spiro atoms. The summed E-state index contributed by atoms with van der Waals surface area (Å²) in [4.78, 5) is 28.1. The number of amides is 1. The van der Waals surface area contributed by atoms with Gasteiger partial charge in [0.15, 0.2) is 5.78 Å². The van der Waals surface area contributed by atoms with E-state index in [0.717, 1.165) is 6.42 Å². The van der Waals surface area contributed by atoms with Gasteiger partial charge in [-0.3, -0.25) is 14.6 Å². The van der Waals surface area contributed by atoms with Crippen LogP contribution in [0.25, 0.3) is 0 Å². The number of benzene rings is 1. The van der Waals surface area contributed by atoms with Gasteiger partial charge in [-0.1, -0.05) is 20.8 Å². The van der Waals surface area contributed by atoms with E-state index in [1.807, 2.05) is 6.21 Å². The molecule has 0 aliphatic heterocycles. The molecule has 0 unspecified atom stereocenters. The van der Waals surface area contributed by atoms with Crippen molar-refractivity contribution >= 4 is 23.6 Å². The van der Waals surface area contributed by atoms with Gasteiger partial charge in [0.25, 0.3) is 0 Å². The number of ether oxygens (including phenoxy) is 2. The molecule has 0 aliphatic rings. The van der Waals surface area contributed by atoms with E-state index in [9.17, 15) is 9.59 Å². The first-order valence-electron chi connectivity index (χ1n) is 8.25. The molecule has 0 saturated carbocycles. The molecule has 1 aromatic carbocycles. The van der Waals surface area contributed by atoms with Crippen LogP contribution in [0.1, 0.15) is 44.0 Å². The van der Waals surface area contributed by atoms with E-state index in [0.29, 0.717) is 23.5 Å². The minimum atomic E-state index is -0.151. The summed E-state index contributed by atoms with van der Waals surface area (Å²) in [6, 6.07) is 4.89. The maximum atomic E-state index is 12.0. The molecular weight excluding hydrogens is 320 g/mol. The Hall–Kier alpha value is -2.21. The van der Waals surface area contributed by atoms with Crippen LogP contribution in [-0.2, 0) is 9.53 Å². The second-order valence-corrected chi connectivity index (χ2v) is 6.92. The van der Waals surface area contributed by atoms with Crippen LogP contribution in [0.4, 0.5) is 5.69 Å². The van der Waals surface area contributed by atoms with Crippen molar-refractivity contribution in [3.05, 3.63) is 23.8 Å². The summed E-state index contributed by atoms with van der Waals surface area (Å²) in [7, 11) is 2.96. The van der Waals surface area contributed by atoms with Crippen LogP contribution < -0.4 is 10.1 Å². The van der Waals surface area contributed by atoms with Gasteiger partial charge in [-0.05, 0) is 36.2 Å². The number of hydrogen-bond acceptors (Lipinski definition) is 5. The maximum Gasteiger partial charge on any atom is 0.226 e. The second kappa shape index (κ2) is 9.93. The molecule has 0 atom stereocenters. The lowest BCUT2D eigenvalue weighted by Crippen LogP contribution is -2.14. The van der Waals surface area contributed by atoms with E-state index >= 15 is 0 Å². The topological polar surface area (TPSA) is 77.0 Å². The standard InChI is InChI=1S/C19H28N2O4/c1-19(2,3)9-11-20-10-8-18(23)21-15-7-6-14(12-17(15)25-5)16(22)13-24-4/h6-7,11-12H,8-10,13H2,1-5H3,(H,21,23)/b20-11+. The first kappa shape index (κ1) is 20.8. The largest absolute Gasteiger partial charge is 0.495 e. The molecule has 1 aromatic rings. The first-order chi connectivity index (χ1) is 11.8. The van der Waals surface area contributed by atoms with Crippen LogP contribution in [0.15, 0.2) is 23.2 Å². The zero-order valence-corrected chi connectivity index (χ0v) is 15.7. The molecule has 25 heavy (non-hydrogen) atoms. The smallest absolute Gasteiger partial charge is 0.226 e. The average Bonchev–Trinajstić information content (AvgIpc) is 2.54. The van der Waals surface area contributed by atoms with Crippen molar-refractivity contribution in [1.29, 1.82) is 0 Å². The molecule has 0 bridgehead atoms. The highest BCUT2D eigenvalue weighted by molar-refractivity contribution is 5.99. The Labute approximate surface area is 149 Å². The van der Waals surface area contributed by atoms with Gasteiger partial charge in [0.05, 0.1) is 12.8 Å². The molecule has 0 heterocycles. The average molecular weight is 348 g/mol. The van der Waals surface area contributed by atoms with Gasteiger partial charge < -0.3 is 14.8 Å². The zero-order chi connectivity index (χ0) is 18.9. The van der Waals surface area contributed by atoms with Gasteiger partial charge in [-0.25, -0.2) is 0 Å². The fraction of sp³-hybridized carbons (Fsp3) is 0.526. The van der Waals surface area contributed by atoms with E-state index in [1.54, 1.807) is 18.2 Å². The summed E-state index contributed by atoms with van der Waals surface area (Å²) in [5.74, 6) is 0.139. The second-order valence-electron chi connectivity index (χ2n) is 6.92. The van der Waals surface area contributed by atoms with E-state index in [1.165, 1.54) is 14.2 Å². The number of methoxy groups -OCH3 is 2. The van der Waals surface area contributed by atoms with Crippen molar-refractivity contribution in [2.24, 2.45) is 10.4 Å². The molecule has 6 nitrogen and oxygen atoms in total. The van der Waals surface area contributed by atoms with Crippen molar-refractivity contribution in [3.8, 4) is 5.75 Å². The summed E-state index contributed by atoms with van der Waals surface area (Å²) in [6.07, 6.45) is 3.03. The normalized spacial score (nSPS) is 11.6. The van der Waals surface area contributed by atoms with Gasteiger partial charge in [-0.15, -0.1) is 0 Å². The van der Waals surface area contributed by atoms with Crippen LogP contribution in [0.5, 0.6) is 5.75 Å². The van der Waals surface area contributed by atoms with Crippen molar-refractivity contribution < 1.29 is 19.1 Å². The van der Waals surface area contributed by atoms with Crippen LogP contribution in [0.3, 0.4) is 0 Å². The zero-order valence-electron chi connectivity index (χ0n) is 15.7. The summed E-state index contributed by atoms with van der Waals surface area (Å²) < 4.78 is 10.1. The van der Waals surface area contributed by atoms with Gasteiger partial charge in [0.2, 0.25) is 5.91 Å². The molecule has 0 saturated heterocycles. The number of carbonyl (C=O) groups excluding carboxylic acids is 2. The fourth-order valence-electron chi connectivity index (χ4n) is 1.99. The Morgan fingerprint density at radius 3 is 2.56 bits per heavy atom. The molecule has 0 fully saturated rings. The Balaban J connectivity index is 2.60. The van der Waals surface area contributed by atoms with Crippen LogP contribution in [0.2, 0.25) is 0 Å². The third kappa shape index (κ3) is 7.94. The van der Waals surface area contributed by atoms with Crippen LogP contribution in [-0.4, -0.2) is 45.3 Å². The van der Waals surface area contributed by atoms with E-state index < -0.39 is 0 Å². The van der Waals surface area contributed by atoms with Crippen LogP contribution >= 0.6 is 0 Å². The summed E-state index contributed by atoms with van der Waals surface area (Å²) in [5.41, 5.74) is 1.20. The van der Waals surface area contributed by atoms with Gasteiger partial charge in [0, 0.05) is 25.6 Å². The van der Waals surface area contributed by atoms with E-state index in [4.69, 9.17) is 9.47 Å².